The van der Waals surface area contributed by atoms with Crippen molar-refractivity contribution in [3.8, 4) is 17.1 Å². The zero-order chi connectivity index (χ0) is 23.2. The normalized spacial score (nSPS) is 14.8. The monoisotopic (exact) mass is 454 g/mol. The van der Waals surface area contributed by atoms with E-state index < -0.39 is 6.61 Å². The molecule has 0 radical (unpaired) electrons. The first-order valence-electron chi connectivity index (χ1n) is 10.6. The Hall–Kier alpha value is -3.59. The molecule has 1 aliphatic rings. The van der Waals surface area contributed by atoms with E-state index in [0.717, 1.165) is 11.1 Å². The number of nitrogens with zero attached hydrogens (tertiary/aromatic N) is 4. The predicted octanol–water partition coefficient (Wildman–Crippen LogP) is 4.00. The summed E-state index contributed by atoms with van der Waals surface area (Å²) in [5.74, 6) is 0.938. The Morgan fingerprint density at radius 2 is 1.85 bits per heavy atom. The van der Waals surface area contributed by atoms with Crippen LogP contribution in [0.3, 0.4) is 0 Å². The molecule has 0 N–H and O–H groups in total. The molecule has 4 rings (SSSR count). The molecule has 0 unspecified atom stereocenters. The number of carbonyl (C=O) groups excluding carboxylic acids is 1. The van der Waals surface area contributed by atoms with Gasteiger partial charge in [0.05, 0.1) is 6.54 Å². The number of hydrogen-bond donors (Lipinski definition) is 0. The smallest absolute Gasteiger partial charge is 0.387 e. The fraction of sp³-hybridized carbons (Fsp3) is 0.292. The Morgan fingerprint density at radius 3 is 2.58 bits per heavy atom. The van der Waals surface area contributed by atoms with Crippen LogP contribution in [0.15, 0.2) is 59.1 Å². The van der Waals surface area contributed by atoms with E-state index in [4.69, 9.17) is 4.52 Å². The molecule has 0 bridgehead atoms. The second-order valence-corrected chi connectivity index (χ2v) is 7.73. The molecule has 33 heavy (non-hydrogen) atoms. The molecule has 0 aliphatic carbocycles. The van der Waals surface area contributed by atoms with E-state index in [-0.39, 0.29) is 11.7 Å². The summed E-state index contributed by atoms with van der Waals surface area (Å²) in [5, 5.41) is 4.06. The number of carbonyl (C=O) groups is 1. The maximum absolute atomic E-state index is 12.5. The molecule has 2 aromatic carbocycles. The third kappa shape index (κ3) is 6.01. The van der Waals surface area contributed by atoms with E-state index in [1.807, 2.05) is 31.2 Å². The molecule has 9 heteroatoms. The van der Waals surface area contributed by atoms with Crippen molar-refractivity contribution in [2.24, 2.45) is 0 Å². The summed E-state index contributed by atoms with van der Waals surface area (Å²) in [4.78, 5) is 20.9. The highest BCUT2D eigenvalue weighted by molar-refractivity contribution is 5.92. The van der Waals surface area contributed by atoms with Crippen molar-refractivity contribution in [2.75, 3.05) is 26.2 Å². The highest BCUT2D eigenvalue weighted by Gasteiger charge is 2.21. The van der Waals surface area contributed by atoms with Gasteiger partial charge in [-0.25, -0.2) is 0 Å². The first kappa shape index (κ1) is 22.6. The van der Waals surface area contributed by atoms with Crippen LogP contribution in [0, 0.1) is 6.92 Å². The highest BCUT2D eigenvalue weighted by atomic mass is 19.3. The van der Waals surface area contributed by atoms with Gasteiger partial charge in [-0.2, -0.15) is 13.8 Å². The van der Waals surface area contributed by atoms with Gasteiger partial charge in [0.1, 0.15) is 5.75 Å². The Bertz CT molecular complexity index is 1110. The Labute approximate surface area is 190 Å². The van der Waals surface area contributed by atoms with Crippen LogP contribution in [-0.2, 0) is 11.3 Å². The van der Waals surface area contributed by atoms with Crippen LogP contribution in [0.2, 0.25) is 0 Å². The number of aryl methyl sites for hydroxylation is 1. The Kier molecular flexibility index (Phi) is 7.09. The molecular formula is C24H24F2N4O3. The van der Waals surface area contributed by atoms with Crippen LogP contribution in [-0.4, -0.2) is 58.6 Å². The SMILES string of the molecule is Cc1ccc(-c2noc(CN3CCN(C(=O)C=Cc4ccccc4OC(F)F)CC3)n2)cc1. The largest absolute Gasteiger partial charge is 0.434 e. The Balaban J connectivity index is 1.29. The van der Waals surface area contributed by atoms with Gasteiger partial charge < -0.3 is 14.2 Å². The lowest BCUT2D eigenvalue weighted by atomic mass is 10.1. The van der Waals surface area contributed by atoms with Gasteiger partial charge in [-0.1, -0.05) is 53.2 Å². The molecule has 1 amide bonds. The first-order chi connectivity index (χ1) is 16.0. The summed E-state index contributed by atoms with van der Waals surface area (Å²) in [6.45, 7) is 2.01. The van der Waals surface area contributed by atoms with Gasteiger partial charge in [0, 0.05) is 43.4 Å². The van der Waals surface area contributed by atoms with E-state index in [1.54, 1.807) is 23.1 Å². The minimum absolute atomic E-state index is 0.0333. The molecule has 1 aromatic heterocycles. The average Bonchev–Trinajstić information content (AvgIpc) is 3.27. The number of benzene rings is 2. The summed E-state index contributed by atoms with van der Waals surface area (Å²) >= 11 is 0. The molecule has 1 aliphatic heterocycles. The molecule has 0 atom stereocenters. The van der Waals surface area contributed by atoms with Gasteiger partial charge in [0.2, 0.25) is 17.6 Å². The zero-order valence-corrected chi connectivity index (χ0v) is 18.2. The lowest BCUT2D eigenvalue weighted by Gasteiger charge is -2.33. The number of rotatable bonds is 7. The van der Waals surface area contributed by atoms with Gasteiger partial charge in [-0.05, 0) is 19.1 Å². The molecule has 2 heterocycles. The number of piperazine rings is 1. The summed E-state index contributed by atoms with van der Waals surface area (Å²) < 4.78 is 35.0. The van der Waals surface area contributed by atoms with Gasteiger partial charge in [-0.3, -0.25) is 9.69 Å². The molecule has 1 saturated heterocycles. The van der Waals surface area contributed by atoms with E-state index in [9.17, 15) is 13.6 Å². The topological polar surface area (TPSA) is 71.7 Å². The lowest BCUT2D eigenvalue weighted by Crippen LogP contribution is -2.47. The molecular weight excluding hydrogens is 430 g/mol. The van der Waals surface area contributed by atoms with Gasteiger partial charge in [0.25, 0.3) is 0 Å². The number of amides is 1. The van der Waals surface area contributed by atoms with E-state index in [1.165, 1.54) is 18.2 Å². The number of ether oxygens (including phenoxy) is 1. The van der Waals surface area contributed by atoms with Crippen molar-refractivity contribution >= 4 is 12.0 Å². The number of para-hydroxylation sites is 1. The van der Waals surface area contributed by atoms with E-state index in [2.05, 4.69) is 19.8 Å². The third-order valence-electron chi connectivity index (χ3n) is 5.36. The van der Waals surface area contributed by atoms with Crippen LogP contribution >= 0.6 is 0 Å². The van der Waals surface area contributed by atoms with Crippen LogP contribution in [0.5, 0.6) is 5.75 Å². The zero-order valence-electron chi connectivity index (χ0n) is 18.2. The van der Waals surface area contributed by atoms with Crippen molar-refractivity contribution < 1.29 is 22.8 Å². The molecule has 3 aromatic rings. The van der Waals surface area contributed by atoms with Crippen LogP contribution < -0.4 is 4.74 Å². The van der Waals surface area contributed by atoms with Crippen LogP contribution in [0.4, 0.5) is 8.78 Å². The van der Waals surface area contributed by atoms with Crippen molar-refractivity contribution in [3.05, 3.63) is 71.6 Å². The van der Waals surface area contributed by atoms with Crippen molar-refractivity contribution in [1.29, 1.82) is 0 Å². The molecule has 0 saturated carbocycles. The first-order valence-corrected chi connectivity index (χ1v) is 10.6. The van der Waals surface area contributed by atoms with Gasteiger partial charge in [0.15, 0.2) is 0 Å². The molecule has 172 valence electrons. The average molecular weight is 454 g/mol. The van der Waals surface area contributed by atoms with Gasteiger partial charge in [-0.15, -0.1) is 0 Å². The van der Waals surface area contributed by atoms with Crippen LogP contribution in [0.1, 0.15) is 17.0 Å². The summed E-state index contributed by atoms with van der Waals surface area (Å²) in [6.07, 6.45) is 2.88. The summed E-state index contributed by atoms with van der Waals surface area (Å²) in [5.41, 5.74) is 2.49. The maximum Gasteiger partial charge on any atom is 0.387 e. The molecule has 0 spiro atoms. The highest BCUT2D eigenvalue weighted by Crippen LogP contribution is 2.22. The van der Waals surface area contributed by atoms with Crippen molar-refractivity contribution in [2.45, 2.75) is 20.1 Å². The van der Waals surface area contributed by atoms with Gasteiger partial charge >= 0.3 is 6.61 Å². The minimum Gasteiger partial charge on any atom is -0.434 e. The summed E-state index contributed by atoms with van der Waals surface area (Å²) in [7, 11) is 0. The standard InChI is InChI=1S/C24H24F2N4O3/c1-17-6-8-19(9-7-17)23-27-21(33-28-23)16-29-12-14-30(15-13-29)22(31)11-10-18-4-2-3-5-20(18)32-24(25)26/h2-11,24H,12-16H2,1H3. The van der Waals surface area contributed by atoms with E-state index >= 15 is 0 Å². The fourth-order valence-corrected chi connectivity index (χ4v) is 3.54. The fourth-order valence-electron chi connectivity index (χ4n) is 3.54. The number of alkyl halides is 2. The van der Waals surface area contributed by atoms with Crippen molar-refractivity contribution in [1.82, 2.24) is 19.9 Å². The Morgan fingerprint density at radius 1 is 1.12 bits per heavy atom. The number of halogens is 2. The minimum atomic E-state index is -2.92. The quantitative estimate of drug-likeness (QED) is 0.503. The number of aromatic nitrogens is 2. The summed E-state index contributed by atoms with van der Waals surface area (Å²) in [6, 6.07) is 14.3. The van der Waals surface area contributed by atoms with E-state index in [0.29, 0.717) is 50.0 Å². The third-order valence-corrected chi connectivity index (χ3v) is 5.36. The molecule has 1 fully saturated rings. The van der Waals surface area contributed by atoms with Crippen LogP contribution in [0.25, 0.3) is 17.5 Å². The lowest BCUT2D eigenvalue weighted by molar-refractivity contribution is -0.127. The maximum atomic E-state index is 12.5. The predicted molar refractivity (Wildman–Crippen MR) is 118 cm³/mol. The molecule has 7 nitrogen and oxygen atoms in total. The number of hydrogen-bond acceptors (Lipinski definition) is 6. The second-order valence-electron chi connectivity index (χ2n) is 7.73. The van der Waals surface area contributed by atoms with Crippen molar-refractivity contribution in [3.63, 3.8) is 0 Å². The second kappa shape index (κ2) is 10.4.